The molecule has 0 bridgehead atoms. The van der Waals surface area contributed by atoms with Gasteiger partial charge in [0.15, 0.2) is 5.54 Å². The third-order valence-corrected chi connectivity index (χ3v) is 3.25. The van der Waals surface area contributed by atoms with Gasteiger partial charge < -0.3 is 15.9 Å². The summed E-state index contributed by atoms with van der Waals surface area (Å²) in [6.07, 6.45) is -0.160. The van der Waals surface area contributed by atoms with Crippen molar-refractivity contribution in [1.29, 1.82) is 0 Å². The average molecular weight is 219 g/mol. The molecule has 1 aliphatic carbocycles. The standard InChI is InChI=1S/C9H14FNO4/c1-4-3-8(2,10)9(11,7(14)15)5(4)6(12)13/h4-5H,3,11H2,1-2H3,(H,12,13)(H,14,15). The minimum absolute atomic E-state index is 0.160. The molecule has 0 aliphatic heterocycles. The maximum absolute atomic E-state index is 14.0. The Morgan fingerprint density at radius 1 is 1.47 bits per heavy atom. The summed E-state index contributed by atoms with van der Waals surface area (Å²) in [6, 6.07) is 0. The zero-order valence-electron chi connectivity index (χ0n) is 8.53. The second-order valence-electron chi connectivity index (χ2n) is 4.37. The van der Waals surface area contributed by atoms with Crippen LogP contribution in [0.3, 0.4) is 0 Å². The molecule has 0 spiro atoms. The number of aliphatic carboxylic acids is 2. The largest absolute Gasteiger partial charge is 0.481 e. The molecule has 0 radical (unpaired) electrons. The van der Waals surface area contributed by atoms with E-state index in [0.717, 1.165) is 6.92 Å². The first-order valence-electron chi connectivity index (χ1n) is 4.58. The number of halogens is 1. The van der Waals surface area contributed by atoms with Gasteiger partial charge in [0.2, 0.25) is 0 Å². The summed E-state index contributed by atoms with van der Waals surface area (Å²) in [5.74, 6) is -4.97. The van der Waals surface area contributed by atoms with Crippen LogP contribution in [0.1, 0.15) is 20.3 Å². The Hall–Kier alpha value is -1.17. The molecule has 4 N–H and O–H groups in total. The van der Waals surface area contributed by atoms with Gasteiger partial charge in [-0.05, 0) is 19.3 Å². The highest BCUT2D eigenvalue weighted by atomic mass is 19.1. The van der Waals surface area contributed by atoms with E-state index in [9.17, 15) is 14.0 Å². The fourth-order valence-electron chi connectivity index (χ4n) is 2.46. The molecule has 86 valence electrons. The lowest BCUT2D eigenvalue weighted by Crippen LogP contribution is -2.64. The van der Waals surface area contributed by atoms with E-state index in [1.807, 2.05) is 0 Å². The fraction of sp³-hybridized carbons (Fsp3) is 0.778. The Kier molecular flexibility index (Phi) is 2.51. The predicted molar refractivity (Wildman–Crippen MR) is 49.0 cm³/mol. The molecule has 0 heterocycles. The third-order valence-electron chi connectivity index (χ3n) is 3.25. The van der Waals surface area contributed by atoms with Crippen molar-refractivity contribution in [3.63, 3.8) is 0 Å². The molecule has 0 amide bonds. The van der Waals surface area contributed by atoms with Crippen molar-refractivity contribution >= 4 is 11.9 Å². The topological polar surface area (TPSA) is 101 Å². The highest BCUT2D eigenvalue weighted by molar-refractivity contribution is 5.89. The summed E-state index contributed by atoms with van der Waals surface area (Å²) in [5, 5.41) is 17.8. The molecule has 0 aromatic heterocycles. The molecule has 1 fully saturated rings. The molecular formula is C9H14FNO4. The number of carbonyl (C=O) groups is 2. The van der Waals surface area contributed by atoms with Crippen molar-refractivity contribution < 1.29 is 24.2 Å². The zero-order chi connectivity index (χ0) is 12.0. The predicted octanol–water partition coefficient (Wildman–Crippen LogP) is 0.237. The molecule has 1 saturated carbocycles. The number of carboxylic acids is 2. The highest BCUT2D eigenvalue weighted by Gasteiger charge is 2.66. The van der Waals surface area contributed by atoms with Crippen molar-refractivity contribution in [1.82, 2.24) is 0 Å². The number of alkyl halides is 1. The van der Waals surface area contributed by atoms with Gasteiger partial charge in [-0.25, -0.2) is 4.39 Å². The van der Waals surface area contributed by atoms with Gasteiger partial charge in [-0.1, -0.05) is 6.92 Å². The van der Waals surface area contributed by atoms with Gasteiger partial charge >= 0.3 is 11.9 Å². The van der Waals surface area contributed by atoms with Crippen molar-refractivity contribution in [2.24, 2.45) is 17.6 Å². The third kappa shape index (κ3) is 1.40. The van der Waals surface area contributed by atoms with E-state index in [1.165, 1.54) is 6.92 Å². The Balaban J connectivity index is 3.28. The second kappa shape index (κ2) is 3.16. The van der Waals surface area contributed by atoms with Crippen LogP contribution in [-0.4, -0.2) is 33.4 Å². The molecule has 0 aromatic rings. The van der Waals surface area contributed by atoms with Gasteiger partial charge in [0.05, 0.1) is 5.92 Å². The Labute approximate surface area is 86.1 Å². The van der Waals surface area contributed by atoms with E-state index in [-0.39, 0.29) is 6.42 Å². The van der Waals surface area contributed by atoms with Crippen LogP contribution in [0, 0.1) is 11.8 Å². The molecule has 1 aliphatic rings. The molecular weight excluding hydrogens is 205 g/mol. The maximum Gasteiger partial charge on any atom is 0.327 e. The summed E-state index contributed by atoms with van der Waals surface area (Å²) in [4.78, 5) is 21.9. The van der Waals surface area contributed by atoms with Gasteiger partial charge in [0.1, 0.15) is 5.67 Å². The van der Waals surface area contributed by atoms with E-state index in [0.29, 0.717) is 0 Å². The quantitative estimate of drug-likeness (QED) is 0.617. The van der Waals surface area contributed by atoms with Crippen LogP contribution in [0.15, 0.2) is 0 Å². The van der Waals surface area contributed by atoms with Gasteiger partial charge in [-0.3, -0.25) is 9.59 Å². The van der Waals surface area contributed by atoms with Gasteiger partial charge in [-0.15, -0.1) is 0 Å². The SMILES string of the molecule is CC1CC(C)(F)C(N)(C(=O)O)C1C(=O)O. The Morgan fingerprint density at radius 3 is 2.20 bits per heavy atom. The lowest BCUT2D eigenvalue weighted by Gasteiger charge is -2.32. The van der Waals surface area contributed by atoms with E-state index in [4.69, 9.17) is 15.9 Å². The number of hydrogen-bond donors (Lipinski definition) is 3. The first-order valence-corrected chi connectivity index (χ1v) is 4.58. The van der Waals surface area contributed by atoms with Crippen molar-refractivity contribution in [2.75, 3.05) is 0 Å². The molecule has 4 unspecified atom stereocenters. The van der Waals surface area contributed by atoms with E-state index >= 15 is 0 Å². The van der Waals surface area contributed by atoms with Gasteiger partial charge in [0.25, 0.3) is 0 Å². The van der Waals surface area contributed by atoms with E-state index < -0.39 is 35.0 Å². The summed E-state index contributed by atoms with van der Waals surface area (Å²) >= 11 is 0. The molecule has 1 rings (SSSR count). The first kappa shape index (κ1) is 11.9. The summed E-state index contributed by atoms with van der Waals surface area (Å²) in [7, 11) is 0. The normalized spacial score (nSPS) is 45.3. The Bertz CT molecular complexity index is 317. The smallest absolute Gasteiger partial charge is 0.327 e. The number of nitrogens with two attached hydrogens (primary N) is 1. The van der Waals surface area contributed by atoms with Gasteiger partial charge in [0, 0.05) is 0 Å². The second-order valence-corrected chi connectivity index (χ2v) is 4.37. The summed E-state index contributed by atoms with van der Waals surface area (Å²) in [5.41, 5.74) is 0.904. The summed E-state index contributed by atoms with van der Waals surface area (Å²) < 4.78 is 14.0. The monoisotopic (exact) mass is 219 g/mol. The lowest BCUT2D eigenvalue weighted by atomic mass is 9.79. The van der Waals surface area contributed by atoms with Crippen LogP contribution in [0.4, 0.5) is 4.39 Å². The van der Waals surface area contributed by atoms with Crippen LogP contribution in [0.5, 0.6) is 0 Å². The zero-order valence-corrected chi connectivity index (χ0v) is 8.53. The van der Waals surface area contributed by atoms with Crippen molar-refractivity contribution in [2.45, 2.75) is 31.5 Å². The van der Waals surface area contributed by atoms with Crippen molar-refractivity contribution in [3.8, 4) is 0 Å². The highest BCUT2D eigenvalue weighted by Crippen LogP contribution is 2.48. The minimum Gasteiger partial charge on any atom is -0.481 e. The molecule has 15 heavy (non-hydrogen) atoms. The number of carboxylic acid groups (broad SMARTS) is 2. The fourth-order valence-corrected chi connectivity index (χ4v) is 2.46. The molecule has 0 saturated heterocycles. The molecule has 5 nitrogen and oxygen atoms in total. The first-order chi connectivity index (χ1) is 6.64. The lowest BCUT2D eigenvalue weighted by molar-refractivity contribution is -0.159. The van der Waals surface area contributed by atoms with Crippen molar-refractivity contribution in [3.05, 3.63) is 0 Å². The maximum atomic E-state index is 14.0. The average Bonchev–Trinajstić information content (AvgIpc) is 2.18. The van der Waals surface area contributed by atoms with Gasteiger partial charge in [-0.2, -0.15) is 0 Å². The molecule has 6 heteroatoms. The van der Waals surface area contributed by atoms with E-state index in [2.05, 4.69) is 0 Å². The van der Waals surface area contributed by atoms with Crippen LogP contribution in [0.2, 0.25) is 0 Å². The van der Waals surface area contributed by atoms with Crippen LogP contribution < -0.4 is 5.73 Å². The molecule has 4 atom stereocenters. The Morgan fingerprint density at radius 2 is 1.93 bits per heavy atom. The van der Waals surface area contributed by atoms with Crippen LogP contribution in [-0.2, 0) is 9.59 Å². The van der Waals surface area contributed by atoms with Crippen LogP contribution >= 0.6 is 0 Å². The van der Waals surface area contributed by atoms with Crippen LogP contribution in [0.25, 0.3) is 0 Å². The number of rotatable bonds is 2. The summed E-state index contributed by atoms with van der Waals surface area (Å²) in [6.45, 7) is 2.54. The van der Waals surface area contributed by atoms with E-state index in [1.54, 1.807) is 0 Å². The molecule has 0 aromatic carbocycles. The number of hydrogen-bond acceptors (Lipinski definition) is 3. The minimum atomic E-state index is -2.35.